The minimum absolute atomic E-state index is 0.233. The molecule has 0 fully saturated rings. The summed E-state index contributed by atoms with van der Waals surface area (Å²) < 4.78 is 32.0. The van der Waals surface area contributed by atoms with E-state index in [0.29, 0.717) is 29.8 Å². The Balaban J connectivity index is 2.37. The molecule has 0 atom stereocenters. The monoisotopic (exact) mass is 341 g/mol. The van der Waals surface area contributed by atoms with Crippen LogP contribution >= 0.6 is 11.8 Å². The van der Waals surface area contributed by atoms with E-state index in [4.69, 9.17) is 4.42 Å². The third-order valence-corrected chi connectivity index (χ3v) is 5.84. The molecule has 8 heteroatoms. The van der Waals surface area contributed by atoms with Gasteiger partial charge in [-0.15, -0.1) is 10.2 Å². The van der Waals surface area contributed by atoms with Gasteiger partial charge in [0, 0.05) is 18.7 Å². The number of benzene rings is 1. The van der Waals surface area contributed by atoms with Gasteiger partial charge in [0.15, 0.2) is 0 Å². The van der Waals surface area contributed by atoms with Gasteiger partial charge in [-0.3, -0.25) is 0 Å². The lowest BCUT2D eigenvalue weighted by Crippen LogP contribution is -2.30. The van der Waals surface area contributed by atoms with Gasteiger partial charge in [-0.2, -0.15) is 4.31 Å². The highest BCUT2D eigenvalue weighted by Gasteiger charge is 2.22. The van der Waals surface area contributed by atoms with Crippen LogP contribution in [0.3, 0.4) is 0 Å². The van der Waals surface area contributed by atoms with Gasteiger partial charge in [-0.25, -0.2) is 8.42 Å². The molecular weight excluding hydrogens is 322 g/mol. The van der Waals surface area contributed by atoms with E-state index >= 15 is 0 Å². The van der Waals surface area contributed by atoms with Gasteiger partial charge in [0.2, 0.25) is 15.9 Å². The lowest BCUT2D eigenvalue weighted by Gasteiger charge is -2.18. The van der Waals surface area contributed by atoms with Gasteiger partial charge in [0.25, 0.3) is 5.22 Å². The Kier molecular flexibility index (Phi) is 5.60. The molecule has 0 saturated carbocycles. The van der Waals surface area contributed by atoms with Gasteiger partial charge in [-0.1, -0.05) is 38.6 Å². The van der Waals surface area contributed by atoms with Gasteiger partial charge in [0.1, 0.15) is 0 Å². The van der Waals surface area contributed by atoms with E-state index in [2.05, 4.69) is 10.2 Å². The summed E-state index contributed by atoms with van der Waals surface area (Å²) in [5.74, 6) is 1.16. The van der Waals surface area contributed by atoms with Crippen molar-refractivity contribution in [2.45, 2.75) is 30.9 Å². The number of thioether (sulfide) groups is 1. The summed E-state index contributed by atoms with van der Waals surface area (Å²) in [7, 11) is -3.50. The molecule has 1 aromatic carbocycles. The second kappa shape index (κ2) is 7.26. The van der Waals surface area contributed by atoms with E-state index in [-0.39, 0.29) is 4.90 Å². The molecule has 0 amide bonds. The smallest absolute Gasteiger partial charge is 0.276 e. The number of sulfonamides is 1. The minimum atomic E-state index is -3.50. The quantitative estimate of drug-likeness (QED) is 0.721. The number of nitrogens with zero attached hydrogens (tertiary/aromatic N) is 3. The zero-order valence-electron chi connectivity index (χ0n) is 12.8. The number of aromatic nitrogens is 2. The molecule has 1 heterocycles. The predicted molar refractivity (Wildman–Crippen MR) is 86.2 cm³/mol. The van der Waals surface area contributed by atoms with Crippen LogP contribution in [0.15, 0.2) is 38.8 Å². The minimum Gasteiger partial charge on any atom is -0.411 e. The molecule has 22 heavy (non-hydrogen) atoms. The molecule has 0 aliphatic heterocycles. The highest BCUT2D eigenvalue weighted by molar-refractivity contribution is 7.99. The van der Waals surface area contributed by atoms with E-state index in [1.807, 2.05) is 20.8 Å². The first-order chi connectivity index (χ1) is 10.5. The van der Waals surface area contributed by atoms with Crippen LogP contribution < -0.4 is 0 Å². The fraction of sp³-hybridized carbons (Fsp3) is 0.429. The summed E-state index contributed by atoms with van der Waals surface area (Å²) in [5.41, 5.74) is 0.601. The van der Waals surface area contributed by atoms with Crippen LogP contribution in [0.25, 0.3) is 11.5 Å². The molecule has 120 valence electrons. The highest BCUT2D eigenvalue weighted by atomic mass is 32.2. The molecule has 0 bridgehead atoms. The lowest BCUT2D eigenvalue weighted by atomic mass is 10.2. The summed E-state index contributed by atoms with van der Waals surface area (Å²) in [5, 5.41) is 8.38. The normalized spacial score (nSPS) is 12.0. The molecule has 1 aromatic heterocycles. The molecule has 0 aliphatic carbocycles. The molecule has 0 N–H and O–H groups in total. The largest absolute Gasteiger partial charge is 0.411 e. The summed E-state index contributed by atoms with van der Waals surface area (Å²) in [6.45, 7) is 6.49. The average Bonchev–Trinajstić information content (AvgIpc) is 2.97. The summed E-state index contributed by atoms with van der Waals surface area (Å²) in [4.78, 5) is 0.233. The van der Waals surface area contributed by atoms with Crippen LogP contribution in [0.5, 0.6) is 0 Å². The maximum Gasteiger partial charge on any atom is 0.276 e. The van der Waals surface area contributed by atoms with Gasteiger partial charge >= 0.3 is 0 Å². The van der Waals surface area contributed by atoms with Crippen LogP contribution in [0, 0.1) is 0 Å². The van der Waals surface area contributed by atoms with Crippen molar-refractivity contribution in [2.24, 2.45) is 0 Å². The van der Waals surface area contributed by atoms with Crippen LogP contribution in [0.2, 0.25) is 0 Å². The Morgan fingerprint density at radius 3 is 2.55 bits per heavy atom. The van der Waals surface area contributed by atoms with Gasteiger partial charge in [-0.05, 0) is 24.0 Å². The average molecular weight is 341 g/mol. The first-order valence-electron chi connectivity index (χ1n) is 7.09. The van der Waals surface area contributed by atoms with Crippen molar-refractivity contribution < 1.29 is 12.8 Å². The van der Waals surface area contributed by atoms with Crippen molar-refractivity contribution in [1.29, 1.82) is 0 Å². The Morgan fingerprint density at radius 2 is 1.91 bits per heavy atom. The van der Waals surface area contributed by atoms with Crippen LogP contribution in [0.1, 0.15) is 20.8 Å². The Bertz CT molecular complexity index is 724. The van der Waals surface area contributed by atoms with Crippen molar-refractivity contribution in [2.75, 3.05) is 18.8 Å². The van der Waals surface area contributed by atoms with Crippen molar-refractivity contribution in [3.05, 3.63) is 24.3 Å². The van der Waals surface area contributed by atoms with Gasteiger partial charge in [0.05, 0.1) is 4.90 Å². The fourth-order valence-electron chi connectivity index (χ4n) is 2.01. The van der Waals surface area contributed by atoms with E-state index < -0.39 is 10.0 Å². The van der Waals surface area contributed by atoms with E-state index in [0.717, 1.165) is 5.75 Å². The van der Waals surface area contributed by atoms with E-state index in [9.17, 15) is 8.42 Å². The molecule has 2 rings (SSSR count). The van der Waals surface area contributed by atoms with Crippen molar-refractivity contribution in [1.82, 2.24) is 14.5 Å². The Labute approximate surface area is 135 Å². The van der Waals surface area contributed by atoms with E-state index in [1.165, 1.54) is 16.1 Å². The molecule has 0 spiro atoms. The van der Waals surface area contributed by atoms with Crippen molar-refractivity contribution in [3.63, 3.8) is 0 Å². The number of hydrogen-bond acceptors (Lipinski definition) is 6. The van der Waals surface area contributed by atoms with Crippen LogP contribution in [0.4, 0.5) is 0 Å². The van der Waals surface area contributed by atoms with Crippen molar-refractivity contribution in [3.8, 4) is 11.5 Å². The molecule has 0 aliphatic rings. The third kappa shape index (κ3) is 3.50. The molecule has 0 saturated heterocycles. The standard InChI is InChI=1S/C14H19N3O3S2/c1-4-17(5-2)22(18,19)12-9-7-8-11(10-12)13-15-16-14(20-13)21-6-3/h7-10H,4-6H2,1-3H3. The highest BCUT2D eigenvalue weighted by Crippen LogP contribution is 2.26. The molecular formula is C14H19N3O3S2. The molecule has 0 unspecified atom stereocenters. The first kappa shape index (κ1) is 17.0. The van der Waals surface area contributed by atoms with Crippen LogP contribution in [-0.2, 0) is 10.0 Å². The van der Waals surface area contributed by atoms with E-state index in [1.54, 1.807) is 24.3 Å². The van der Waals surface area contributed by atoms with Crippen molar-refractivity contribution >= 4 is 21.8 Å². The topological polar surface area (TPSA) is 76.3 Å². The second-order valence-corrected chi connectivity index (χ2v) is 7.58. The molecule has 2 aromatic rings. The summed E-state index contributed by atoms with van der Waals surface area (Å²) in [6, 6.07) is 6.59. The fourth-order valence-corrected chi connectivity index (χ4v) is 4.00. The van der Waals surface area contributed by atoms with Gasteiger partial charge < -0.3 is 4.42 Å². The number of rotatable bonds is 7. The third-order valence-electron chi connectivity index (χ3n) is 3.10. The maximum atomic E-state index is 12.5. The first-order valence-corrected chi connectivity index (χ1v) is 9.52. The summed E-state index contributed by atoms with van der Waals surface area (Å²) in [6.07, 6.45) is 0. The lowest BCUT2D eigenvalue weighted by molar-refractivity contribution is 0.445. The summed E-state index contributed by atoms with van der Waals surface area (Å²) >= 11 is 1.45. The SMILES string of the molecule is CCSc1nnc(-c2cccc(S(=O)(=O)N(CC)CC)c2)o1. The predicted octanol–water partition coefficient (Wildman–Crippen LogP) is 2.88. The Hall–Kier alpha value is -1.38. The Morgan fingerprint density at radius 1 is 1.18 bits per heavy atom. The van der Waals surface area contributed by atoms with Crippen LogP contribution in [-0.4, -0.2) is 41.8 Å². The second-order valence-electron chi connectivity index (χ2n) is 4.42. The number of hydrogen-bond donors (Lipinski definition) is 0. The maximum absolute atomic E-state index is 12.5. The zero-order chi connectivity index (χ0) is 16.2. The zero-order valence-corrected chi connectivity index (χ0v) is 14.4. The molecule has 6 nitrogen and oxygen atoms in total. The molecule has 0 radical (unpaired) electrons.